The van der Waals surface area contributed by atoms with Crippen molar-refractivity contribution < 1.29 is 4.79 Å². The summed E-state index contributed by atoms with van der Waals surface area (Å²) in [6, 6.07) is 9.04. The average Bonchev–Trinajstić information content (AvgIpc) is 3.10. The van der Waals surface area contributed by atoms with Gasteiger partial charge in [-0.3, -0.25) is 10.1 Å². The van der Waals surface area contributed by atoms with Crippen LogP contribution in [-0.4, -0.2) is 23.7 Å². The molecule has 1 heterocycles. The first kappa shape index (κ1) is 12.1. The fourth-order valence-electron chi connectivity index (χ4n) is 2.23. The summed E-state index contributed by atoms with van der Waals surface area (Å²) in [5.74, 6) is 1.15. The van der Waals surface area contributed by atoms with E-state index in [0.717, 1.165) is 18.6 Å². The number of hydrogen-bond acceptors (Lipinski definition) is 3. The van der Waals surface area contributed by atoms with Gasteiger partial charge >= 0.3 is 0 Å². The van der Waals surface area contributed by atoms with E-state index in [9.17, 15) is 4.79 Å². The number of rotatable bonds is 4. The Morgan fingerprint density at radius 2 is 2.17 bits per heavy atom. The number of hydrogen-bond donors (Lipinski definition) is 2. The first-order valence-electron chi connectivity index (χ1n) is 6.52. The molecule has 2 N–H and O–H groups in total. The molecule has 1 aromatic rings. The van der Waals surface area contributed by atoms with Gasteiger partial charge in [0, 0.05) is 22.7 Å². The highest BCUT2D eigenvalue weighted by atomic mass is 32.2. The van der Waals surface area contributed by atoms with Crippen LogP contribution < -0.4 is 10.6 Å². The molecular formula is C14H18N2OS. The fourth-order valence-corrected chi connectivity index (χ4v) is 3.41. The van der Waals surface area contributed by atoms with Crippen LogP contribution in [0.5, 0.6) is 0 Å². The summed E-state index contributed by atoms with van der Waals surface area (Å²) in [6.07, 6.45) is 2.28. The van der Waals surface area contributed by atoms with Crippen molar-refractivity contribution in [3.63, 3.8) is 0 Å². The standard InChI is InChI=1S/C14H18N2OS/c1-9(14(17)16-10-6-7-10)15-12-8-18-13-5-3-2-4-11(12)13/h2-5,9-10,12,15H,6-8H2,1H3,(H,16,17). The lowest BCUT2D eigenvalue weighted by atomic mass is 10.1. The van der Waals surface area contributed by atoms with Crippen molar-refractivity contribution in [2.24, 2.45) is 0 Å². The van der Waals surface area contributed by atoms with E-state index in [4.69, 9.17) is 0 Å². The highest BCUT2D eigenvalue weighted by Crippen LogP contribution is 2.37. The molecule has 1 amide bonds. The Hall–Kier alpha value is -1.00. The number of benzene rings is 1. The van der Waals surface area contributed by atoms with Gasteiger partial charge in [-0.05, 0) is 31.4 Å². The third kappa shape index (κ3) is 2.54. The van der Waals surface area contributed by atoms with Crippen molar-refractivity contribution in [2.45, 2.75) is 42.8 Å². The molecule has 0 aromatic heterocycles. The van der Waals surface area contributed by atoms with Gasteiger partial charge < -0.3 is 5.32 Å². The molecule has 2 aliphatic rings. The zero-order chi connectivity index (χ0) is 12.5. The lowest BCUT2D eigenvalue weighted by molar-refractivity contribution is -0.123. The Labute approximate surface area is 112 Å². The second-order valence-electron chi connectivity index (χ2n) is 5.07. The Bertz CT molecular complexity index is 459. The van der Waals surface area contributed by atoms with Crippen molar-refractivity contribution in [1.82, 2.24) is 10.6 Å². The molecule has 2 atom stereocenters. The second kappa shape index (κ2) is 4.94. The zero-order valence-electron chi connectivity index (χ0n) is 10.5. The van der Waals surface area contributed by atoms with Crippen LogP contribution in [0.15, 0.2) is 29.2 Å². The highest BCUT2D eigenvalue weighted by Gasteiger charge is 2.29. The maximum absolute atomic E-state index is 11.9. The molecule has 3 nitrogen and oxygen atoms in total. The van der Waals surface area contributed by atoms with Gasteiger partial charge in [0.1, 0.15) is 0 Å². The van der Waals surface area contributed by atoms with Crippen LogP contribution in [0.1, 0.15) is 31.4 Å². The van der Waals surface area contributed by atoms with Gasteiger partial charge in [0.15, 0.2) is 0 Å². The van der Waals surface area contributed by atoms with E-state index in [1.807, 2.05) is 18.7 Å². The summed E-state index contributed by atoms with van der Waals surface area (Å²) < 4.78 is 0. The van der Waals surface area contributed by atoms with Crippen molar-refractivity contribution in [2.75, 3.05) is 5.75 Å². The van der Waals surface area contributed by atoms with E-state index in [-0.39, 0.29) is 11.9 Å². The monoisotopic (exact) mass is 262 g/mol. The molecule has 1 aromatic carbocycles. The Morgan fingerprint density at radius 3 is 2.94 bits per heavy atom. The Balaban J connectivity index is 1.61. The first-order chi connectivity index (χ1) is 8.74. The maximum atomic E-state index is 11.9. The summed E-state index contributed by atoms with van der Waals surface area (Å²) in [5.41, 5.74) is 1.33. The van der Waals surface area contributed by atoms with Gasteiger partial charge in [0.25, 0.3) is 0 Å². The predicted octanol–water partition coefficient (Wildman–Crippen LogP) is 2.09. The third-order valence-electron chi connectivity index (χ3n) is 3.47. The summed E-state index contributed by atoms with van der Waals surface area (Å²) in [5, 5.41) is 6.48. The Morgan fingerprint density at radius 1 is 1.39 bits per heavy atom. The zero-order valence-corrected chi connectivity index (χ0v) is 11.3. The summed E-state index contributed by atoms with van der Waals surface area (Å²) in [7, 11) is 0. The SMILES string of the molecule is CC(NC1CSc2ccccc21)C(=O)NC1CC1. The summed E-state index contributed by atoms with van der Waals surface area (Å²) >= 11 is 1.86. The van der Waals surface area contributed by atoms with Gasteiger partial charge in [-0.15, -0.1) is 11.8 Å². The summed E-state index contributed by atoms with van der Waals surface area (Å²) in [4.78, 5) is 13.3. The van der Waals surface area contributed by atoms with E-state index in [1.165, 1.54) is 10.5 Å². The third-order valence-corrected chi connectivity index (χ3v) is 4.65. The lowest BCUT2D eigenvalue weighted by Crippen LogP contribution is -2.44. The lowest BCUT2D eigenvalue weighted by Gasteiger charge is -2.19. The van der Waals surface area contributed by atoms with Crippen molar-refractivity contribution >= 4 is 17.7 Å². The minimum Gasteiger partial charge on any atom is -0.352 e. The van der Waals surface area contributed by atoms with E-state index < -0.39 is 0 Å². The van der Waals surface area contributed by atoms with E-state index in [2.05, 4.69) is 34.9 Å². The molecule has 1 saturated carbocycles. The minimum atomic E-state index is -0.123. The summed E-state index contributed by atoms with van der Waals surface area (Å²) in [6.45, 7) is 1.95. The number of nitrogens with one attached hydrogen (secondary N) is 2. The topological polar surface area (TPSA) is 41.1 Å². The number of carbonyl (C=O) groups is 1. The molecule has 18 heavy (non-hydrogen) atoms. The molecule has 4 heteroatoms. The molecule has 1 aliphatic carbocycles. The molecule has 0 radical (unpaired) electrons. The highest BCUT2D eigenvalue weighted by molar-refractivity contribution is 7.99. The van der Waals surface area contributed by atoms with E-state index in [0.29, 0.717) is 12.1 Å². The van der Waals surface area contributed by atoms with Crippen molar-refractivity contribution in [3.05, 3.63) is 29.8 Å². The molecule has 1 fully saturated rings. The van der Waals surface area contributed by atoms with E-state index in [1.54, 1.807) is 0 Å². The normalized spacial score (nSPS) is 23.5. The van der Waals surface area contributed by atoms with Crippen LogP contribution in [0, 0.1) is 0 Å². The number of fused-ring (bicyclic) bond motifs is 1. The second-order valence-corrected chi connectivity index (χ2v) is 6.13. The van der Waals surface area contributed by atoms with Crippen molar-refractivity contribution in [3.8, 4) is 0 Å². The van der Waals surface area contributed by atoms with Gasteiger partial charge in [0.05, 0.1) is 6.04 Å². The molecule has 1 aliphatic heterocycles. The molecule has 2 unspecified atom stereocenters. The largest absolute Gasteiger partial charge is 0.352 e. The van der Waals surface area contributed by atoms with Gasteiger partial charge in [-0.1, -0.05) is 18.2 Å². The maximum Gasteiger partial charge on any atom is 0.237 e. The van der Waals surface area contributed by atoms with Crippen LogP contribution in [0.4, 0.5) is 0 Å². The van der Waals surface area contributed by atoms with Crippen molar-refractivity contribution in [1.29, 1.82) is 0 Å². The van der Waals surface area contributed by atoms with Crippen LogP contribution in [0.3, 0.4) is 0 Å². The smallest absolute Gasteiger partial charge is 0.237 e. The quantitative estimate of drug-likeness (QED) is 0.873. The first-order valence-corrected chi connectivity index (χ1v) is 7.51. The van der Waals surface area contributed by atoms with Gasteiger partial charge in [-0.25, -0.2) is 0 Å². The average molecular weight is 262 g/mol. The molecule has 96 valence electrons. The molecular weight excluding hydrogens is 244 g/mol. The van der Waals surface area contributed by atoms with Gasteiger partial charge in [0.2, 0.25) is 5.91 Å². The number of carbonyl (C=O) groups excluding carboxylic acids is 1. The minimum absolute atomic E-state index is 0.123. The Kier molecular flexibility index (Phi) is 3.31. The van der Waals surface area contributed by atoms with Crippen LogP contribution >= 0.6 is 11.8 Å². The molecule has 0 spiro atoms. The molecule has 3 rings (SSSR count). The fraction of sp³-hybridized carbons (Fsp3) is 0.500. The van der Waals surface area contributed by atoms with E-state index >= 15 is 0 Å². The van der Waals surface area contributed by atoms with Crippen LogP contribution in [0.2, 0.25) is 0 Å². The number of amides is 1. The van der Waals surface area contributed by atoms with Crippen LogP contribution in [-0.2, 0) is 4.79 Å². The van der Waals surface area contributed by atoms with Crippen LogP contribution in [0.25, 0.3) is 0 Å². The molecule has 0 saturated heterocycles. The van der Waals surface area contributed by atoms with Gasteiger partial charge in [-0.2, -0.15) is 0 Å². The predicted molar refractivity (Wildman–Crippen MR) is 73.7 cm³/mol. The number of thioether (sulfide) groups is 1. The molecule has 0 bridgehead atoms.